The highest BCUT2D eigenvalue weighted by Gasteiger charge is 2.10. The van der Waals surface area contributed by atoms with E-state index >= 15 is 0 Å². The number of aryl methyl sites for hydroxylation is 1. The molecule has 1 atom stereocenters. The molecule has 2 aromatic carbocycles. The molecule has 0 aliphatic heterocycles. The van der Waals surface area contributed by atoms with Crippen LogP contribution in [0.4, 0.5) is 5.69 Å². The van der Waals surface area contributed by atoms with Gasteiger partial charge in [0.15, 0.2) is 0 Å². The van der Waals surface area contributed by atoms with Gasteiger partial charge in [0.1, 0.15) is 0 Å². The van der Waals surface area contributed by atoms with Gasteiger partial charge in [-0.15, -0.1) is 11.8 Å². The number of amides is 1. The summed E-state index contributed by atoms with van der Waals surface area (Å²) in [5.41, 5.74) is 4.49. The van der Waals surface area contributed by atoms with Crippen LogP contribution in [0.15, 0.2) is 48.5 Å². The predicted octanol–water partition coefficient (Wildman–Crippen LogP) is 4.74. The molecule has 0 aliphatic carbocycles. The molecule has 2 aromatic rings. The minimum Gasteiger partial charge on any atom is -0.325 e. The maximum Gasteiger partial charge on any atom is 0.234 e. The van der Waals surface area contributed by atoms with Crippen LogP contribution in [-0.2, 0) is 4.79 Å². The lowest BCUT2D eigenvalue weighted by molar-refractivity contribution is -0.113. The second kappa shape index (κ2) is 7.32. The van der Waals surface area contributed by atoms with Crippen LogP contribution in [0.1, 0.15) is 28.9 Å². The molecule has 1 N–H and O–H groups in total. The van der Waals surface area contributed by atoms with Crippen molar-refractivity contribution in [1.29, 1.82) is 0 Å². The van der Waals surface area contributed by atoms with Gasteiger partial charge in [-0.1, -0.05) is 42.5 Å². The maximum absolute atomic E-state index is 12.1. The topological polar surface area (TPSA) is 29.1 Å². The smallest absolute Gasteiger partial charge is 0.234 e. The number of carbonyl (C=O) groups is 1. The molecule has 0 radical (unpaired) electrons. The van der Waals surface area contributed by atoms with Crippen LogP contribution in [0.2, 0.25) is 0 Å². The Kier molecular flexibility index (Phi) is 5.45. The summed E-state index contributed by atoms with van der Waals surface area (Å²) < 4.78 is 0. The fourth-order valence-electron chi connectivity index (χ4n) is 2.09. The maximum atomic E-state index is 12.1. The fourth-order valence-corrected chi connectivity index (χ4v) is 2.92. The third-order valence-electron chi connectivity index (χ3n) is 3.61. The van der Waals surface area contributed by atoms with Gasteiger partial charge in [-0.3, -0.25) is 4.79 Å². The minimum absolute atomic E-state index is 0.0523. The quantitative estimate of drug-likeness (QED) is 0.864. The van der Waals surface area contributed by atoms with E-state index in [1.165, 1.54) is 11.1 Å². The van der Waals surface area contributed by atoms with Crippen LogP contribution in [0, 0.1) is 13.8 Å². The molecular formula is C18H21NOS. The number of benzene rings is 2. The number of nitrogens with one attached hydrogen (secondary N) is 1. The molecule has 0 fully saturated rings. The first kappa shape index (κ1) is 15.6. The zero-order valence-electron chi connectivity index (χ0n) is 12.7. The summed E-state index contributed by atoms with van der Waals surface area (Å²) in [5, 5.41) is 3.31. The van der Waals surface area contributed by atoms with Crippen molar-refractivity contribution in [2.75, 3.05) is 11.1 Å². The monoisotopic (exact) mass is 299 g/mol. The van der Waals surface area contributed by atoms with Crippen molar-refractivity contribution in [3.63, 3.8) is 0 Å². The van der Waals surface area contributed by atoms with Crippen molar-refractivity contribution in [3.05, 3.63) is 65.2 Å². The van der Waals surface area contributed by atoms with Crippen molar-refractivity contribution < 1.29 is 4.79 Å². The molecule has 0 aromatic heterocycles. The van der Waals surface area contributed by atoms with E-state index in [0.717, 1.165) is 11.3 Å². The van der Waals surface area contributed by atoms with Gasteiger partial charge in [0, 0.05) is 10.9 Å². The predicted molar refractivity (Wildman–Crippen MR) is 91.9 cm³/mol. The van der Waals surface area contributed by atoms with Gasteiger partial charge in [-0.25, -0.2) is 0 Å². The van der Waals surface area contributed by atoms with Gasteiger partial charge < -0.3 is 5.32 Å². The number of anilines is 1. The molecule has 2 nitrogen and oxygen atoms in total. The summed E-state index contributed by atoms with van der Waals surface area (Å²) in [7, 11) is 0. The largest absolute Gasteiger partial charge is 0.325 e. The first-order valence-corrected chi connectivity index (χ1v) is 8.15. The van der Waals surface area contributed by atoms with E-state index in [1.54, 1.807) is 11.8 Å². The fraction of sp³-hybridized carbons (Fsp3) is 0.278. The summed E-state index contributed by atoms with van der Waals surface area (Å²) in [6.45, 7) is 6.22. The average Bonchev–Trinajstić information content (AvgIpc) is 2.50. The normalized spacial score (nSPS) is 12.0. The number of hydrogen-bond acceptors (Lipinski definition) is 2. The highest BCUT2D eigenvalue weighted by Crippen LogP contribution is 2.28. The Balaban J connectivity index is 1.89. The van der Waals surface area contributed by atoms with Crippen molar-refractivity contribution in [3.8, 4) is 0 Å². The molecule has 1 amide bonds. The number of carbonyl (C=O) groups excluding carboxylic acids is 1. The lowest BCUT2D eigenvalue weighted by atomic mass is 10.1. The van der Waals surface area contributed by atoms with E-state index in [0.29, 0.717) is 11.0 Å². The van der Waals surface area contributed by atoms with Gasteiger partial charge in [0.05, 0.1) is 5.75 Å². The number of thioether (sulfide) groups is 1. The molecule has 0 unspecified atom stereocenters. The molecular weight excluding hydrogens is 278 g/mol. The van der Waals surface area contributed by atoms with Crippen molar-refractivity contribution in [1.82, 2.24) is 0 Å². The third kappa shape index (κ3) is 4.36. The van der Waals surface area contributed by atoms with Crippen molar-refractivity contribution >= 4 is 23.4 Å². The molecule has 0 bridgehead atoms. The highest BCUT2D eigenvalue weighted by atomic mass is 32.2. The van der Waals surface area contributed by atoms with E-state index < -0.39 is 0 Å². The van der Waals surface area contributed by atoms with Crippen molar-refractivity contribution in [2.45, 2.75) is 26.0 Å². The third-order valence-corrected chi connectivity index (χ3v) is 4.81. The molecule has 0 heterocycles. The molecule has 0 saturated heterocycles. The van der Waals surface area contributed by atoms with Gasteiger partial charge in [-0.05, 0) is 43.5 Å². The van der Waals surface area contributed by atoms with Gasteiger partial charge in [-0.2, -0.15) is 0 Å². The Morgan fingerprint density at radius 3 is 2.52 bits per heavy atom. The number of hydrogen-bond donors (Lipinski definition) is 1. The van der Waals surface area contributed by atoms with E-state index in [9.17, 15) is 4.79 Å². The number of rotatable bonds is 5. The van der Waals surface area contributed by atoms with Gasteiger partial charge >= 0.3 is 0 Å². The Bertz CT molecular complexity index is 610. The summed E-state index contributed by atoms with van der Waals surface area (Å²) in [6, 6.07) is 16.2. The molecule has 3 heteroatoms. The molecule has 21 heavy (non-hydrogen) atoms. The molecule has 110 valence electrons. The zero-order valence-corrected chi connectivity index (χ0v) is 13.5. The van der Waals surface area contributed by atoms with Crippen LogP contribution >= 0.6 is 11.8 Å². The lowest BCUT2D eigenvalue weighted by Gasteiger charge is -2.13. The van der Waals surface area contributed by atoms with E-state index in [4.69, 9.17) is 0 Å². The summed E-state index contributed by atoms with van der Waals surface area (Å²) >= 11 is 1.65. The molecule has 2 rings (SSSR count). The van der Waals surface area contributed by atoms with Crippen molar-refractivity contribution in [2.24, 2.45) is 0 Å². The Hall–Kier alpha value is -1.74. The SMILES string of the molecule is Cc1cccc(NC(=O)CS[C@H](C)c2ccccc2)c1C. The van der Waals surface area contributed by atoms with Gasteiger partial charge in [0.25, 0.3) is 0 Å². The second-order valence-electron chi connectivity index (χ2n) is 5.16. The Morgan fingerprint density at radius 2 is 1.81 bits per heavy atom. The van der Waals surface area contributed by atoms with Crippen LogP contribution in [-0.4, -0.2) is 11.7 Å². The molecule has 0 saturated carbocycles. The van der Waals surface area contributed by atoms with Crippen LogP contribution in [0.25, 0.3) is 0 Å². The standard InChI is InChI=1S/C18H21NOS/c1-13-8-7-11-17(14(13)2)19-18(20)12-21-15(3)16-9-5-4-6-10-16/h4-11,15H,12H2,1-3H3,(H,19,20)/t15-/m1/s1. The van der Waals surface area contributed by atoms with Crippen LogP contribution < -0.4 is 5.32 Å². The van der Waals surface area contributed by atoms with E-state index in [1.807, 2.05) is 37.3 Å². The van der Waals surface area contributed by atoms with Gasteiger partial charge in [0.2, 0.25) is 5.91 Å². The van der Waals surface area contributed by atoms with Crippen LogP contribution in [0.5, 0.6) is 0 Å². The summed E-state index contributed by atoms with van der Waals surface area (Å²) in [6.07, 6.45) is 0. The Labute approximate surface area is 131 Å². The van der Waals surface area contributed by atoms with E-state index in [-0.39, 0.29) is 5.91 Å². The van der Waals surface area contributed by atoms with Crippen LogP contribution in [0.3, 0.4) is 0 Å². The average molecular weight is 299 g/mol. The summed E-state index contributed by atoms with van der Waals surface area (Å²) in [5.74, 6) is 0.514. The zero-order chi connectivity index (χ0) is 15.2. The minimum atomic E-state index is 0.0523. The highest BCUT2D eigenvalue weighted by molar-refractivity contribution is 8.00. The molecule has 0 spiro atoms. The Morgan fingerprint density at radius 1 is 1.10 bits per heavy atom. The molecule has 0 aliphatic rings. The lowest BCUT2D eigenvalue weighted by Crippen LogP contribution is -2.15. The first-order chi connectivity index (χ1) is 10.1. The summed E-state index contributed by atoms with van der Waals surface area (Å²) in [4.78, 5) is 12.1. The first-order valence-electron chi connectivity index (χ1n) is 7.10. The second-order valence-corrected chi connectivity index (χ2v) is 6.49. The van der Waals surface area contributed by atoms with E-state index in [2.05, 4.69) is 37.4 Å².